The Hall–Kier alpha value is -8.17. The van der Waals surface area contributed by atoms with Crippen LogP contribution in [0.1, 0.15) is 42.0 Å². The van der Waals surface area contributed by atoms with E-state index in [2.05, 4.69) is 25.7 Å². The van der Waals surface area contributed by atoms with E-state index in [-0.39, 0.29) is 53.8 Å². The van der Waals surface area contributed by atoms with Crippen molar-refractivity contribution in [3.63, 3.8) is 0 Å². The number of ketones is 1. The molecule has 4 aromatic rings. The first kappa shape index (κ1) is 52.0. The molecule has 12 heteroatoms. The van der Waals surface area contributed by atoms with E-state index >= 15 is 0 Å². The van der Waals surface area contributed by atoms with Crippen LogP contribution >= 0.6 is 0 Å². The van der Waals surface area contributed by atoms with Crippen LogP contribution in [0.3, 0.4) is 0 Å². The molecular weight excluding hydrogens is 815 g/mol. The Morgan fingerprint density at radius 3 is 1.20 bits per heavy atom. The standard InChI is InChI=1S/2C19H12O3.C6H13N.C5H10O.2CO2.CH4/c2*20-13-6-8-15-17(10-13)22-18-11-14(21)7-9-16(18)19(15)12-4-2-1-3-5-12;1-5(2)6(3)7-4;1-4(2)5(3)6;2*2-1-3;/h2*1-11,20H;5,7H,3H2,1-2,4H3;4H,1-3H3;;;1H4. The third-order valence-corrected chi connectivity index (χ3v) is 9.31. The van der Waals surface area contributed by atoms with E-state index < -0.39 is 0 Å². The van der Waals surface area contributed by atoms with Crippen LogP contribution in [0.15, 0.2) is 164 Å². The smallest absolute Gasteiger partial charge is 0.373 e. The predicted molar refractivity (Wildman–Crippen MR) is 248 cm³/mol. The van der Waals surface area contributed by atoms with Gasteiger partial charge in [0, 0.05) is 76.0 Å². The van der Waals surface area contributed by atoms with Crippen molar-refractivity contribution in [3.05, 3.63) is 166 Å². The molecule has 12 nitrogen and oxygen atoms in total. The molecule has 3 N–H and O–H groups in total. The number of carbonyl (C=O) groups is 1. The molecular formula is C52H51NO11. The first-order valence-corrected chi connectivity index (χ1v) is 19.5. The number of phenolic OH excluding ortho intramolecular Hbond substituents is 2. The van der Waals surface area contributed by atoms with Crippen LogP contribution in [0.4, 0.5) is 0 Å². The summed E-state index contributed by atoms with van der Waals surface area (Å²) < 4.78 is 11.6. The molecule has 2 aliphatic heterocycles. The fourth-order valence-electron chi connectivity index (χ4n) is 5.84. The van der Waals surface area contributed by atoms with Crippen LogP contribution in [0.2, 0.25) is 0 Å². The lowest BCUT2D eigenvalue weighted by Crippen LogP contribution is -2.09. The number of rotatable bonds is 5. The molecule has 0 saturated heterocycles. The topological polar surface area (TPSA) is 198 Å². The van der Waals surface area contributed by atoms with Gasteiger partial charge in [0.05, 0.1) is 0 Å². The van der Waals surface area contributed by atoms with Crippen LogP contribution in [0, 0.1) is 11.8 Å². The number of benzene rings is 6. The lowest BCUT2D eigenvalue weighted by atomic mass is 9.94. The van der Waals surface area contributed by atoms with E-state index in [4.69, 9.17) is 28.0 Å². The number of aromatic hydroxyl groups is 2. The molecule has 0 radical (unpaired) electrons. The van der Waals surface area contributed by atoms with Gasteiger partial charge in [0.15, 0.2) is 10.9 Å². The van der Waals surface area contributed by atoms with E-state index in [1.807, 2.05) is 93.7 Å². The average Bonchev–Trinajstić information content (AvgIpc) is 3.26. The molecule has 2 aliphatic carbocycles. The predicted octanol–water partition coefficient (Wildman–Crippen LogP) is 10.6. The maximum absolute atomic E-state index is 11.6. The summed E-state index contributed by atoms with van der Waals surface area (Å²) in [5.74, 6) is 2.33. The summed E-state index contributed by atoms with van der Waals surface area (Å²) >= 11 is 0. The Morgan fingerprint density at radius 1 is 0.578 bits per heavy atom. The first-order chi connectivity index (χ1) is 30.1. The monoisotopic (exact) mass is 865 g/mol. The molecule has 0 unspecified atom stereocenters. The van der Waals surface area contributed by atoms with Gasteiger partial charge in [-0.15, -0.1) is 0 Å². The molecule has 8 rings (SSSR count). The third kappa shape index (κ3) is 14.5. The Balaban J connectivity index is 0.000000314. The van der Waals surface area contributed by atoms with E-state index in [1.54, 1.807) is 43.3 Å². The highest BCUT2D eigenvalue weighted by Gasteiger charge is 2.18. The molecule has 4 aliphatic rings. The number of carbonyl (C=O) groups excluding carboxylic acids is 5. The molecule has 0 bridgehead atoms. The second-order valence-corrected chi connectivity index (χ2v) is 14.2. The number of hydrogen-bond acceptors (Lipinski definition) is 12. The van der Waals surface area contributed by atoms with Crippen molar-refractivity contribution in [1.29, 1.82) is 0 Å². The molecule has 0 atom stereocenters. The number of Topliss-reactive ketones (excluding diaryl/α,β-unsaturated/α-hetero) is 1. The highest BCUT2D eigenvalue weighted by Crippen LogP contribution is 2.41. The fraction of sp³-hybridized carbons (Fsp3) is 0.173. The Labute approximate surface area is 370 Å². The van der Waals surface area contributed by atoms with E-state index in [1.165, 1.54) is 24.3 Å². The maximum atomic E-state index is 11.6. The zero-order valence-electron chi connectivity index (χ0n) is 35.6. The number of allylic oxidation sites excluding steroid dienone is 1. The van der Waals surface area contributed by atoms with Crippen LogP contribution in [0.25, 0.3) is 66.8 Å². The van der Waals surface area contributed by atoms with Crippen molar-refractivity contribution >= 4 is 40.0 Å². The van der Waals surface area contributed by atoms with Gasteiger partial charge >= 0.3 is 12.3 Å². The van der Waals surface area contributed by atoms with Gasteiger partial charge in [-0.2, -0.15) is 19.2 Å². The summed E-state index contributed by atoms with van der Waals surface area (Å²) in [4.78, 5) is 65.9. The van der Waals surface area contributed by atoms with Gasteiger partial charge in [-0.3, -0.25) is 14.4 Å². The molecule has 0 saturated carbocycles. The van der Waals surface area contributed by atoms with Gasteiger partial charge in [-0.05, 0) is 72.5 Å². The molecule has 0 amide bonds. The van der Waals surface area contributed by atoms with Crippen LogP contribution < -0.4 is 16.2 Å². The van der Waals surface area contributed by atoms with Gasteiger partial charge in [-0.25, -0.2) is 0 Å². The van der Waals surface area contributed by atoms with Gasteiger partial charge in [0.2, 0.25) is 0 Å². The first-order valence-electron chi connectivity index (χ1n) is 19.5. The Kier molecular flexibility index (Phi) is 20.8. The third-order valence-electron chi connectivity index (χ3n) is 9.31. The van der Waals surface area contributed by atoms with Gasteiger partial charge in [-0.1, -0.05) is 102 Å². The minimum Gasteiger partial charge on any atom is -0.508 e. The summed E-state index contributed by atoms with van der Waals surface area (Å²) in [5, 5.41) is 24.2. The molecule has 0 fully saturated rings. The molecule has 4 aromatic carbocycles. The van der Waals surface area contributed by atoms with Crippen molar-refractivity contribution in [2.45, 2.75) is 42.0 Å². The Bertz CT molecular complexity index is 2700. The SMILES string of the molecule is C.C=C(NC)C(C)C.CC(=O)C(C)C.O=C=O.O=C=O.O=c1ccc2c(-c3ccccc3)c3ccc(O)cc3oc-2c1.O=c1ccc2c(-c3ccccc3)c3ccc(O)cc3oc-2c1. The summed E-state index contributed by atoms with van der Waals surface area (Å²) in [5.41, 5.74) is 7.83. The average molecular weight is 866 g/mol. The lowest BCUT2D eigenvalue weighted by molar-refractivity contribution is -0.193. The summed E-state index contributed by atoms with van der Waals surface area (Å²) in [6, 6.07) is 39.6. The Morgan fingerprint density at radius 2 is 0.922 bits per heavy atom. The van der Waals surface area contributed by atoms with Crippen molar-refractivity contribution in [2.24, 2.45) is 11.8 Å². The molecule has 0 aromatic heterocycles. The zero-order chi connectivity index (χ0) is 46.6. The molecule has 64 heavy (non-hydrogen) atoms. The fourth-order valence-corrected chi connectivity index (χ4v) is 5.84. The molecule has 0 spiro atoms. The summed E-state index contributed by atoms with van der Waals surface area (Å²) in [6.45, 7) is 13.4. The van der Waals surface area contributed by atoms with Gasteiger partial charge in [0.25, 0.3) is 0 Å². The van der Waals surface area contributed by atoms with Crippen molar-refractivity contribution in [1.82, 2.24) is 5.32 Å². The number of nitrogens with one attached hydrogen (secondary N) is 1. The van der Waals surface area contributed by atoms with Crippen LogP contribution in [-0.2, 0) is 24.0 Å². The zero-order valence-corrected chi connectivity index (χ0v) is 35.6. The second-order valence-electron chi connectivity index (χ2n) is 14.2. The van der Waals surface area contributed by atoms with E-state index in [9.17, 15) is 24.6 Å². The van der Waals surface area contributed by atoms with Crippen molar-refractivity contribution in [2.75, 3.05) is 7.05 Å². The molecule has 2 heterocycles. The quantitative estimate of drug-likeness (QED) is 0.139. The van der Waals surface area contributed by atoms with Crippen LogP contribution in [-0.4, -0.2) is 35.3 Å². The maximum Gasteiger partial charge on any atom is 0.373 e. The highest BCUT2D eigenvalue weighted by molar-refractivity contribution is 6.03. The van der Waals surface area contributed by atoms with E-state index in [0.717, 1.165) is 49.9 Å². The number of fused-ring (bicyclic) bond motifs is 4. The molecule has 330 valence electrons. The van der Waals surface area contributed by atoms with Crippen molar-refractivity contribution in [3.8, 4) is 56.4 Å². The normalized spacial score (nSPS) is 9.75. The van der Waals surface area contributed by atoms with Crippen molar-refractivity contribution < 1.29 is 43.0 Å². The van der Waals surface area contributed by atoms with Crippen LogP contribution in [0.5, 0.6) is 11.5 Å². The minimum absolute atomic E-state index is 0. The summed E-state index contributed by atoms with van der Waals surface area (Å²) in [6.07, 6.45) is 0.500. The van der Waals surface area contributed by atoms with Gasteiger partial charge in [0.1, 0.15) is 40.0 Å². The lowest BCUT2D eigenvalue weighted by Gasteiger charge is -2.14. The van der Waals surface area contributed by atoms with E-state index in [0.29, 0.717) is 28.6 Å². The second kappa shape index (κ2) is 25.6. The largest absolute Gasteiger partial charge is 0.508 e. The number of phenols is 2. The van der Waals surface area contributed by atoms with Gasteiger partial charge < -0.3 is 24.4 Å². The minimum atomic E-state index is -0.102. The summed E-state index contributed by atoms with van der Waals surface area (Å²) in [7, 11) is 1.89. The number of hydrogen-bond donors (Lipinski definition) is 3. The highest BCUT2D eigenvalue weighted by atomic mass is 16.3.